The molecule has 0 fully saturated rings. The average molecular weight is 212 g/mol. The maximum Gasteiger partial charge on any atom is 0.123 e. The van der Waals surface area contributed by atoms with Gasteiger partial charge in [-0.1, -0.05) is 22.0 Å². The molecule has 3 heteroatoms. The monoisotopic (exact) mass is 210 g/mol. The van der Waals surface area contributed by atoms with E-state index in [9.17, 15) is 0 Å². The summed E-state index contributed by atoms with van der Waals surface area (Å²) in [4.78, 5) is 1.16. The van der Waals surface area contributed by atoms with Crippen molar-refractivity contribution in [1.82, 2.24) is 0 Å². The van der Waals surface area contributed by atoms with Gasteiger partial charge >= 0.3 is 0 Å². The van der Waals surface area contributed by atoms with Crippen LogP contribution in [0.15, 0.2) is 17.5 Å². The molecule has 1 atom stereocenters. The summed E-state index contributed by atoms with van der Waals surface area (Å²) in [5, 5.41) is 2.01. The van der Waals surface area contributed by atoms with Crippen LogP contribution < -0.4 is 0 Å². The van der Waals surface area contributed by atoms with Gasteiger partial charge in [-0.15, -0.1) is 22.9 Å². The molecular formula is C5H4BrClS. The summed E-state index contributed by atoms with van der Waals surface area (Å²) in [6.45, 7) is 0. The van der Waals surface area contributed by atoms with Gasteiger partial charge in [0, 0.05) is 4.88 Å². The van der Waals surface area contributed by atoms with Crippen molar-refractivity contribution in [3.8, 4) is 0 Å². The molecule has 0 aliphatic rings. The topological polar surface area (TPSA) is 0 Å². The second kappa shape index (κ2) is 2.85. The molecule has 0 aromatic carbocycles. The molecule has 0 nitrogen and oxygen atoms in total. The van der Waals surface area contributed by atoms with Crippen LogP contribution in [-0.4, -0.2) is 0 Å². The zero-order valence-corrected chi connectivity index (χ0v) is 7.13. The Kier molecular flexibility index (Phi) is 2.35. The lowest BCUT2D eigenvalue weighted by atomic mass is 10.5. The minimum atomic E-state index is -0.0116. The standard InChI is InChI=1S/C5H4BrClS/c6-5(7)4-2-1-3-8-4/h1-3,5H. The van der Waals surface area contributed by atoms with E-state index in [0.29, 0.717) is 0 Å². The Bertz CT molecular complexity index is 147. The molecule has 1 aromatic rings. The minimum Gasteiger partial charge on any atom is -0.146 e. The fourth-order valence-corrected chi connectivity index (χ4v) is 1.69. The van der Waals surface area contributed by atoms with E-state index in [4.69, 9.17) is 11.6 Å². The van der Waals surface area contributed by atoms with Gasteiger partial charge in [-0.2, -0.15) is 0 Å². The highest BCUT2D eigenvalue weighted by molar-refractivity contribution is 9.09. The normalized spacial score (nSPS) is 13.8. The third kappa shape index (κ3) is 1.47. The summed E-state index contributed by atoms with van der Waals surface area (Å²) in [6.07, 6.45) is 0. The Labute approximate surface area is 65.6 Å². The highest BCUT2D eigenvalue weighted by Crippen LogP contribution is 2.29. The van der Waals surface area contributed by atoms with Crippen molar-refractivity contribution in [3.63, 3.8) is 0 Å². The van der Waals surface area contributed by atoms with Crippen molar-refractivity contribution in [2.24, 2.45) is 0 Å². The van der Waals surface area contributed by atoms with Crippen molar-refractivity contribution >= 4 is 38.9 Å². The van der Waals surface area contributed by atoms with Crippen molar-refractivity contribution < 1.29 is 0 Å². The van der Waals surface area contributed by atoms with Gasteiger partial charge < -0.3 is 0 Å². The largest absolute Gasteiger partial charge is 0.146 e. The van der Waals surface area contributed by atoms with Crippen LogP contribution in [0.5, 0.6) is 0 Å². The Morgan fingerprint density at radius 1 is 1.75 bits per heavy atom. The van der Waals surface area contributed by atoms with Crippen molar-refractivity contribution in [1.29, 1.82) is 0 Å². The predicted octanol–water partition coefficient (Wildman–Crippen LogP) is 3.38. The molecular weight excluding hydrogens is 207 g/mol. The first-order valence-electron chi connectivity index (χ1n) is 2.12. The maximum absolute atomic E-state index is 5.67. The first-order valence-corrected chi connectivity index (χ1v) is 4.35. The first-order chi connectivity index (χ1) is 3.80. The van der Waals surface area contributed by atoms with Gasteiger partial charge in [-0.3, -0.25) is 0 Å². The predicted molar refractivity (Wildman–Crippen MR) is 41.8 cm³/mol. The summed E-state index contributed by atoms with van der Waals surface area (Å²) in [7, 11) is 0. The molecule has 1 heterocycles. The molecule has 0 N–H and O–H groups in total. The summed E-state index contributed by atoms with van der Waals surface area (Å²) in [5.74, 6) is 0. The number of rotatable bonds is 1. The van der Waals surface area contributed by atoms with E-state index < -0.39 is 0 Å². The van der Waals surface area contributed by atoms with E-state index in [2.05, 4.69) is 15.9 Å². The second-order valence-electron chi connectivity index (χ2n) is 1.32. The molecule has 44 valence electrons. The van der Waals surface area contributed by atoms with E-state index in [1.165, 1.54) is 0 Å². The summed E-state index contributed by atoms with van der Waals surface area (Å²) in [6, 6.07) is 3.98. The lowest BCUT2D eigenvalue weighted by molar-refractivity contribution is 1.51. The van der Waals surface area contributed by atoms with Crippen molar-refractivity contribution in [3.05, 3.63) is 22.4 Å². The van der Waals surface area contributed by atoms with Crippen LogP contribution in [0.2, 0.25) is 0 Å². The molecule has 8 heavy (non-hydrogen) atoms. The zero-order valence-electron chi connectivity index (χ0n) is 3.97. The van der Waals surface area contributed by atoms with Gasteiger partial charge in [0.2, 0.25) is 0 Å². The van der Waals surface area contributed by atoms with Crippen LogP contribution >= 0.6 is 38.9 Å². The molecule has 0 bridgehead atoms. The van der Waals surface area contributed by atoms with Crippen LogP contribution in [0, 0.1) is 0 Å². The number of thiophene rings is 1. The van der Waals surface area contributed by atoms with Gasteiger partial charge in [0.05, 0.1) is 0 Å². The third-order valence-corrected chi connectivity index (χ3v) is 2.86. The Hall–Kier alpha value is 0.470. The van der Waals surface area contributed by atoms with Gasteiger partial charge in [-0.05, 0) is 11.4 Å². The zero-order chi connectivity index (χ0) is 5.98. The number of halogens is 2. The molecule has 1 aromatic heterocycles. The van der Waals surface area contributed by atoms with Crippen LogP contribution in [0.4, 0.5) is 0 Å². The lowest BCUT2D eigenvalue weighted by Gasteiger charge is -1.90. The Morgan fingerprint density at radius 3 is 2.75 bits per heavy atom. The van der Waals surface area contributed by atoms with Crippen molar-refractivity contribution in [2.45, 2.75) is 4.29 Å². The Balaban J connectivity index is 2.77. The third-order valence-electron chi connectivity index (χ3n) is 0.758. The van der Waals surface area contributed by atoms with Gasteiger partial charge in [0.1, 0.15) is 4.29 Å². The molecule has 0 amide bonds. The van der Waals surface area contributed by atoms with E-state index >= 15 is 0 Å². The lowest BCUT2D eigenvalue weighted by Crippen LogP contribution is -1.66. The number of alkyl halides is 2. The van der Waals surface area contributed by atoms with Crippen LogP contribution in [0.3, 0.4) is 0 Å². The van der Waals surface area contributed by atoms with Gasteiger partial charge in [-0.25, -0.2) is 0 Å². The summed E-state index contributed by atoms with van der Waals surface area (Å²) >= 11 is 10.6. The molecule has 0 aliphatic heterocycles. The molecule has 1 unspecified atom stereocenters. The number of hydrogen-bond acceptors (Lipinski definition) is 1. The summed E-state index contributed by atoms with van der Waals surface area (Å²) in [5.41, 5.74) is 0. The van der Waals surface area contributed by atoms with E-state index in [1.54, 1.807) is 11.3 Å². The van der Waals surface area contributed by atoms with Crippen LogP contribution in [0.25, 0.3) is 0 Å². The van der Waals surface area contributed by atoms with E-state index in [-0.39, 0.29) is 4.29 Å². The van der Waals surface area contributed by atoms with E-state index in [1.807, 2.05) is 17.5 Å². The fraction of sp³-hybridized carbons (Fsp3) is 0.200. The molecule has 1 rings (SSSR count). The second-order valence-corrected chi connectivity index (χ2v) is 4.17. The van der Waals surface area contributed by atoms with Crippen molar-refractivity contribution in [2.75, 3.05) is 0 Å². The maximum atomic E-state index is 5.67. The fourth-order valence-electron chi connectivity index (χ4n) is 0.415. The molecule has 0 aliphatic carbocycles. The summed E-state index contributed by atoms with van der Waals surface area (Å²) < 4.78 is -0.0116. The first kappa shape index (κ1) is 6.59. The highest BCUT2D eigenvalue weighted by Gasteiger charge is 2.00. The van der Waals surface area contributed by atoms with Crippen LogP contribution in [-0.2, 0) is 0 Å². The minimum absolute atomic E-state index is 0.0116. The van der Waals surface area contributed by atoms with Crippen LogP contribution in [0.1, 0.15) is 9.16 Å². The quantitative estimate of drug-likeness (QED) is 0.625. The smallest absolute Gasteiger partial charge is 0.123 e. The number of hydrogen-bond donors (Lipinski definition) is 0. The highest BCUT2D eigenvalue weighted by atomic mass is 79.9. The molecule has 0 spiro atoms. The van der Waals surface area contributed by atoms with Gasteiger partial charge in [0.25, 0.3) is 0 Å². The molecule has 0 saturated heterocycles. The Morgan fingerprint density at radius 2 is 2.50 bits per heavy atom. The molecule has 0 saturated carbocycles. The SMILES string of the molecule is ClC(Br)c1cccs1. The van der Waals surface area contributed by atoms with Gasteiger partial charge in [0.15, 0.2) is 0 Å². The molecule has 0 radical (unpaired) electrons. The average Bonchev–Trinajstić information content (AvgIpc) is 2.12. The van der Waals surface area contributed by atoms with E-state index in [0.717, 1.165) is 4.88 Å².